The van der Waals surface area contributed by atoms with E-state index in [1.54, 1.807) is 6.20 Å². The van der Waals surface area contributed by atoms with Crippen molar-refractivity contribution in [3.8, 4) is 0 Å². The number of aromatic nitrogens is 2. The van der Waals surface area contributed by atoms with E-state index in [-0.39, 0.29) is 6.03 Å². The predicted octanol–water partition coefficient (Wildman–Crippen LogP) is 1.30. The molecule has 0 aromatic carbocycles. The zero-order valence-corrected chi connectivity index (χ0v) is 9.39. The van der Waals surface area contributed by atoms with Gasteiger partial charge in [0.25, 0.3) is 0 Å². The number of hydrogen-bond acceptors (Lipinski definition) is 2. The van der Waals surface area contributed by atoms with Gasteiger partial charge in [0.15, 0.2) is 0 Å². The normalized spacial score (nSPS) is 14.8. The molecule has 17 heavy (non-hydrogen) atoms. The third-order valence-corrected chi connectivity index (χ3v) is 2.83. The third kappa shape index (κ3) is 2.22. The Balaban J connectivity index is 1.65. The van der Waals surface area contributed by atoms with E-state index in [1.807, 2.05) is 28.8 Å². The maximum Gasteiger partial charge on any atom is 0.315 e. The third-order valence-electron chi connectivity index (χ3n) is 2.83. The Labute approximate surface area is 98.8 Å². The number of rotatable bonds is 3. The van der Waals surface area contributed by atoms with Gasteiger partial charge in [0.1, 0.15) is 5.82 Å². The summed E-state index contributed by atoms with van der Waals surface area (Å²) in [5.74, 6) is 0.839. The van der Waals surface area contributed by atoms with Crippen LogP contribution in [0.4, 0.5) is 4.79 Å². The van der Waals surface area contributed by atoms with Crippen LogP contribution >= 0.6 is 0 Å². The number of carbonyl (C=O) groups is 1. The Hall–Kier alpha value is -2.04. The van der Waals surface area contributed by atoms with Crippen LogP contribution in [0, 0.1) is 0 Å². The summed E-state index contributed by atoms with van der Waals surface area (Å²) < 4.78 is 1.97. The fraction of sp³-hybridized carbons (Fsp3) is 0.333. The number of nitrogens with zero attached hydrogens (tertiary/aromatic N) is 2. The standard InChI is InChI=1S/C12H14N4O/c17-12(15-9-4-5-9)14-8-11-13-7-10-3-1-2-6-16(10)11/h1-3,6-7,9H,4-5,8H2,(H2,14,15,17). The molecule has 0 aliphatic heterocycles. The van der Waals surface area contributed by atoms with Crippen molar-refractivity contribution in [1.29, 1.82) is 0 Å². The SMILES string of the molecule is O=C(NCc1ncc2ccccn12)NC1CC1. The van der Waals surface area contributed by atoms with Gasteiger partial charge >= 0.3 is 6.03 Å². The summed E-state index contributed by atoms with van der Waals surface area (Å²) in [5, 5.41) is 5.69. The highest BCUT2D eigenvalue weighted by atomic mass is 16.2. The van der Waals surface area contributed by atoms with Gasteiger partial charge in [-0.2, -0.15) is 0 Å². The fourth-order valence-electron chi connectivity index (χ4n) is 1.75. The van der Waals surface area contributed by atoms with Crippen molar-refractivity contribution in [1.82, 2.24) is 20.0 Å². The molecule has 2 aromatic heterocycles. The summed E-state index contributed by atoms with van der Waals surface area (Å²) in [6.07, 6.45) is 5.94. The smallest absolute Gasteiger partial charge is 0.315 e. The summed E-state index contributed by atoms with van der Waals surface area (Å²) >= 11 is 0. The van der Waals surface area contributed by atoms with Gasteiger partial charge in [0.05, 0.1) is 18.3 Å². The van der Waals surface area contributed by atoms with Crippen LogP contribution < -0.4 is 10.6 Å². The minimum Gasteiger partial charge on any atom is -0.335 e. The van der Waals surface area contributed by atoms with Crippen molar-refractivity contribution in [2.45, 2.75) is 25.4 Å². The Bertz CT molecular complexity index is 544. The van der Waals surface area contributed by atoms with Crippen LogP contribution in [-0.2, 0) is 6.54 Å². The van der Waals surface area contributed by atoms with Crippen molar-refractivity contribution in [2.75, 3.05) is 0 Å². The average Bonchev–Trinajstić information content (AvgIpc) is 3.06. The molecular weight excluding hydrogens is 216 g/mol. The zero-order chi connectivity index (χ0) is 11.7. The maximum absolute atomic E-state index is 11.5. The highest BCUT2D eigenvalue weighted by molar-refractivity contribution is 5.74. The summed E-state index contributed by atoms with van der Waals surface area (Å²) in [6, 6.07) is 6.17. The summed E-state index contributed by atoms with van der Waals surface area (Å²) in [7, 11) is 0. The second-order valence-corrected chi connectivity index (χ2v) is 4.27. The van der Waals surface area contributed by atoms with Gasteiger partial charge in [-0.15, -0.1) is 0 Å². The lowest BCUT2D eigenvalue weighted by Crippen LogP contribution is -2.36. The maximum atomic E-state index is 11.5. The van der Waals surface area contributed by atoms with E-state index in [4.69, 9.17) is 0 Å². The lowest BCUT2D eigenvalue weighted by atomic mass is 10.4. The number of imidazole rings is 1. The van der Waals surface area contributed by atoms with Crippen LogP contribution in [0.15, 0.2) is 30.6 Å². The van der Waals surface area contributed by atoms with Gasteiger partial charge in [-0.1, -0.05) is 6.07 Å². The molecular formula is C12H14N4O. The lowest BCUT2D eigenvalue weighted by molar-refractivity contribution is 0.240. The molecule has 0 radical (unpaired) electrons. The van der Waals surface area contributed by atoms with Crippen molar-refractivity contribution in [3.63, 3.8) is 0 Å². The van der Waals surface area contributed by atoms with E-state index >= 15 is 0 Å². The molecule has 1 saturated carbocycles. The van der Waals surface area contributed by atoms with Gasteiger partial charge in [-0.05, 0) is 25.0 Å². The van der Waals surface area contributed by atoms with Crippen LogP contribution in [0.25, 0.3) is 5.52 Å². The van der Waals surface area contributed by atoms with E-state index in [9.17, 15) is 4.79 Å². The molecule has 1 aliphatic rings. The Morgan fingerprint density at radius 3 is 3.18 bits per heavy atom. The van der Waals surface area contributed by atoms with Gasteiger partial charge in [0, 0.05) is 12.2 Å². The Morgan fingerprint density at radius 2 is 2.35 bits per heavy atom. The van der Waals surface area contributed by atoms with Crippen molar-refractivity contribution in [2.24, 2.45) is 0 Å². The molecule has 0 bridgehead atoms. The van der Waals surface area contributed by atoms with E-state index in [0.717, 1.165) is 24.2 Å². The molecule has 2 N–H and O–H groups in total. The molecule has 0 unspecified atom stereocenters. The monoisotopic (exact) mass is 230 g/mol. The molecule has 2 heterocycles. The molecule has 0 atom stereocenters. The first-order valence-electron chi connectivity index (χ1n) is 5.78. The number of carbonyl (C=O) groups excluding carboxylic acids is 1. The average molecular weight is 230 g/mol. The summed E-state index contributed by atoms with van der Waals surface area (Å²) in [4.78, 5) is 15.7. The van der Waals surface area contributed by atoms with E-state index in [1.165, 1.54) is 0 Å². The number of nitrogens with one attached hydrogen (secondary N) is 2. The lowest BCUT2D eigenvalue weighted by Gasteiger charge is -2.05. The molecule has 5 nitrogen and oxygen atoms in total. The van der Waals surface area contributed by atoms with Crippen LogP contribution in [0.5, 0.6) is 0 Å². The summed E-state index contributed by atoms with van der Waals surface area (Å²) in [5.41, 5.74) is 1.03. The molecule has 88 valence electrons. The van der Waals surface area contributed by atoms with Crippen LogP contribution in [0.2, 0.25) is 0 Å². The highest BCUT2D eigenvalue weighted by Crippen LogP contribution is 2.18. The minimum atomic E-state index is -0.111. The molecule has 1 aliphatic carbocycles. The molecule has 1 fully saturated rings. The minimum absolute atomic E-state index is 0.111. The molecule has 5 heteroatoms. The number of amides is 2. The fourth-order valence-corrected chi connectivity index (χ4v) is 1.75. The van der Waals surface area contributed by atoms with Crippen molar-refractivity contribution in [3.05, 3.63) is 36.4 Å². The zero-order valence-electron chi connectivity index (χ0n) is 9.39. The number of fused-ring (bicyclic) bond motifs is 1. The first-order valence-corrected chi connectivity index (χ1v) is 5.78. The van der Waals surface area contributed by atoms with E-state index in [0.29, 0.717) is 12.6 Å². The van der Waals surface area contributed by atoms with Crippen LogP contribution in [0.1, 0.15) is 18.7 Å². The first-order chi connectivity index (χ1) is 8.33. The van der Waals surface area contributed by atoms with Gasteiger partial charge < -0.3 is 15.0 Å². The van der Waals surface area contributed by atoms with Crippen molar-refractivity contribution < 1.29 is 4.79 Å². The highest BCUT2D eigenvalue weighted by Gasteiger charge is 2.23. The number of hydrogen-bond donors (Lipinski definition) is 2. The Kier molecular flexibility index (Phi) is 2.44. The topological polar surface area (TPSA) is 58.4 Å². The Morgan fingerprint density at radius 1 is 1.47 bits per heavy atom. The van der Waals surface area contributed by atoms with Crippen molar-refractivity contribution >= 4 is 11.5 Å². The van der Waals surface area contributed by atoms with Gasteiger partial charge in [-0.25, -0.2) is 9.78 Å². The summed E-state index contributed by atoms with van der Waals surface area (Å²) in [6.45, 7) is 0.441. The quantitative estimate of drug-likeness (QED) is 0.835. The molecule has 3 rings (SSSR count). The van der Waals surface area contributed by atoms with Crippen LogP contribution in [0.3, 0.4) is 0 Å². The number of urea groups is 1. The van der Waals surface area contributed by atoms with E-state index < -0.39 is 0 Å². The largest absolute Gasteiger partial charge is 0.335 e. The van der Waals surface area contributed by atoms with Gasteiger partial charge in [-0.3, -0.25) is 0 Å². The predicted molar refractivity (Wildman–Crippen MR) is 63.6 cm³/mol. The second kappa shape index (κ2) is 4.08. The van der Waals surface area contributed by atoms with E-state index in [2.05, 4.69) is 15.6 Å². The molecule has 0 spiro atoms. The first kappa shape index (κ1) is 10.1. The van der Waals surface area contributed by atoms with Gasteiger partial charge in [0.2, 0.25) is 0 Å². The van der Waals surface area contributed by atoms with Crippen LogP contribution in [-0.4, -0.2) is 21.5 Å². The number of pyridine rings is 1. The molecule has 2 amide bonds. The second-order valence-electron chi connectivity index (χ2n) is 4.27. The molecule has 2 aromatic rings. The molecule has 0 saturated heterocycles.